The maximum atomic E-state index is 9.09. The number of halogens is 1. The number of pyridine rings is 1. The van der Waals surface area contributed by atoms with Gasteiger partial charge in [-0.05, 0) is 23.8 Å². The standard InChI is InChI=1S/C15H10ClN3O2/c16-11-5-10-3-9(1-2-12(10)18-7-11)4-15-19-13(6-17)14(8-20)21-15/h1-3,5,7,20H,4,8H2. The molecule has 0 bridgehead atoms. The molecule has 0 aliphatic carbocycles. The van der Waals surface area contributed by atoms with Gasteiger partial charge in [0.2, 0.25) is 0 Å². The van der Waals surface area contributed by atoms with Crippen LogP contribution >= 0.6 is 11.6 Å². The Morgan fingerprint density at radius 1 is 1.33 bits per heavy atom. The van der Waals surface area contributed by atoms with Crippen LogP contribution in [0.1, 0.15) is 22.9 Å². The second kappa shape index (κ2) is 5.52. The molecule has 104 valence electrons. The Morgan fingerprint density at radius 2 is 2.19 bits per heavy atom. The van der Waals surface area contributed by atoms with Crippen LogP contribution in [0.4, 0.5) is 0 Å². The number of aromatic nitrogens is 2. The molecule has 3 aromatic rings. The molecule has 2 aromatic heterocycles. The van der Waals surface area contributed by atoms with Gasteiger partial charge in [0, 0.05) is 18.0 Å². The van der Waals surface area contributed by atoms with E-state index in [1.54, 1.807) is 6.20 Å². The summed E-state index contributed by atoms with van der Waals surface area (Å²) in [6, 6.07) is 9.49. The number of hydrogen-bond donors (Lipinski definition) is 1. The lowest BCUT2D eigenvalue weighted by Gasteiger charge is -2.01. The van der Waals surface area contributed by atoms with E-state index in [1.165, 1.54) is 0 Å². The number of hydrogen-bond acceptors (Lipinski definition) is 5. The quantitative estimate of drug-likeness (QED) is 0.804. The van der Waals surface area contributed by atoms with Crippen LogP contribution in [-0.4, -0.2) is 15.1 Å². The van der Waals surface area contributed by atoms with Gasteiger partial charge in [-0.25, -0.2) is 4.98 Å². The Labute approximate surface area is 125 Å². The second-order valence-electron chi connectivity index (χ2n) is 4.51. The topological polar surface area (TPSA) is 82.9 Å². The fraction of sp³-hybridized carbons (Fsp3) is 0.133. The zero-order valence-corrected chi connectivity index (χ0v) is 11.6. The number of oxazole rings is 1. The van der Waals surface area contributed by atoms with Crippen molar-refractivity contribution in [3.05, 3.63) is 58.4 Å². The molecule has 0 saturated heterocycles. The maximum Gasteiger partial charge on any atom is 0.200 e. The van der Waals surface area contributed by atoms with Crippen molar-refractivity contribution in [3.8, 4) is 6.07 Å². The van der Waals surface area contributed by atoms with Crippen LogP contribution in [0.2, 0.25) is 5.02 Å². The highest BCUT2D eigenvalue weighted by atomic mass is 35.5. The van der Waals surface area contributed by atoms with Crippen molar-refractivity contribution in [1.82, 2.24) is 9.97 Å². The third kappa shape index (κ3) is 2.72. The fourth-order valence-electron chi connectivity index (χ4n) is 2.11. The van der Waals surface area contributed by atoms with E-state index >= 15 is 0 Å². The molecule has 1 aromatic carbocycles. The van der Waals surface area contributed by atoms with Crippen LogP contribution in [0, 0.1) is 11.3 Å². The first-order chi connectivity index (χ1) is 10.2. The van der Waals surface area contributed by atoms with Crippen molar-refractivity contribution in [3.63, 3.8) is 0 Å². The van der Waals surface area contributed by atoms with Gasteiger partial charge in [-0.15, -0.1) is 0 Å². The Hall–Kier alpha value is -2.42. The summed E-state index contributed by atoms with van der Waals surface area (Å²) in [7, 11) is 0. The predicted octanol–water partition coefficient (Wildman–Crippen LogP) is 2.83. The van der Waals surface area contributed by atoms with Crippen LogP contribution < -0.4 is 0 Å². The average molecular weight is 300 g/mol. The van der Waals surface area contributed by atoms with Crippen LogP contribution in [0.3, 0.4) is 0 Å². The molecule has 0 fully saturated rings. The third-order valence-electron chi connectivity index (χ3n) is 3.06. The van der Waals surface area contributed by atoms with Crippen LogP contribution in [0.5, 0.6) is 0 Å². The lowest BCUT2D eigenvalue weighted by atomic mass is 10.1. The van der Waals surface area contributed by atoms with E-state index in [4.69, 9.17) is 26.4 Å². The van der Waals surface area contributed by atoms with E-state index < -0.39 is 0 Å². The fourth-order valence-corrected chi connectivity index (χ4v) is 2.28. The van der Waals surface area contributed by atoms with Crippen LogP contribution in [-0.2, 0) is 13.0 Å². The predicted molar refractivity (Wildman–Crippen MR) is 76.7 cm³/mol. The first-order valence-corrected chi connectivity index (χ1v) is 6.61. The van der Waals surface area contributed by atoms with Crippen molar-refractivity contribution in [2.45, 2.75) is 13.0 Å². The van der Waals surface area contributed by atoms with Crippen molar-refractivity contribution < 1.29 is 9.52 Å². The SMILES string of the molecule is N#Cc1nc(Cc2ccc3ncc(Cl)cc3c2)oc1CO. The Bertz CT molecular complexity index is 852. The van der Waals surface area contributed by atoms with Gasteiger partial charge in [0.25, 0.3) is 0 Å². The number of nitriles is 1. The maximum absolute atomic E-state index is 9.09. The summed E-state index contributed by atoms with van der Waals surface area (Å²) in [5, 5.41) is 19.5. The normalized spacial score (nSPS) is 10.7. The van der Waals surface area contributed by atoms with Crippen molar-refractivity contribution in [2.24, 2.45) is 0 Å². The number of rotatable bonds is 3. The lowest BCUT2D eigenvalue weighted by Crippen LogP contribution is -1.89. The first-order valence-electron chi connectivity index (χ1n) is 6.23. The smallest absolute Gasteiger partial charge is 0.200 e. The summed E-state index contributed by atoms with van der Waals surface area (Å²) in [4.78, 5) is 8.29. The highest BCUT2D eigenvalue weighted by Gasteiger charge is 2.12. The van der Waals surface area contributed by atoms with Crippen molar-refractivity contribution in [2.75, 3.05) is 0 Å². The van der Waals surface area contributed by atoms with E-state index in [0.717, 1.165) is 16.5 Å². The summed E-state index contributed by atoms with van der Waals surface area (Å²) in [5.74, 6) is 0.586. The van der Waals surface area contributed by atoms with Gasteiger partial charge in [0.1, 0.15) is 12.7 Å². The van der Waals surface area contributed by atoms with Gasteiger partial charge in [-0.2, -0.15) is 5.26 Å². The van der Waals surface area contributed by atoms with Crippen LogP contribution in [0.15, 0.2) is 34.9 Å². The van der Waals surface area contributed by atoms with Crippen LogP contribution in [0.25, 0.3) is 10.9 Å². The molecular weight excluding hydrogens is 290 g/mol. The molecule has 0 unspecified atom stereocenters. The summed E-state index contributed by atoms with van der Waals surface area (Å²) in [6.45, 7) is -0.340. The molecular formula is C15H10ClN3O2. The zero-order valence-electron chi connectivity index (χ0n) is 10.9. The highest BCUT2D eigenvalue weighted by Crippen LogP contribution is 2.20. The van der Waals surface area contributed by atoms with E-state index in [1.807, 2.05) is 30.3 Å². The lowest BCUT2D eigenvalue weighted by molar-refractivity contribution is 0.243. The second-order valence-corrected chi connectivity index (χ2v) is 4.94. The summed E-state index contributed by atoms with van der Waals surface area (Å²) in [6.07, 6.45) is 2.03. The molecule has 21 heavy (non-hydrogen) atoms. The molecule has 0 aliphatic rings. The molecule has 0 aliphatic heterocycles. The van der Waals surface area contributed by atoms with Gasteiger partial charge in [-0.1, -0.05) is 17.7 Å². The first kappa shape index (κ1) is 13.6. The Kier molecular flexibility index (Phi) is 3.57. The molecule has 5 nitrogen and oxygen atoms in total. The van der Waals surface area contributed by atoms with E-state index in [-0.39, 0.29) is 18.1 Å². The van der Waals surface area contributed by atoms with Gasteiger partial charge in [0.05, 0.1) is 10.5 Å². The zero-order chi connectivity index (χ0) is 14.8. The molecule has 0 amide bonds. The number of fused-ring (bicyclic) bond motifs is 1. The van der Waals surface area contributed by atoms with E-state index in [9.17, 15) is 0 Å². The minimum Gasteiger partial charge on any atom is -0.441 e. The van der Waals surface area contributed by atoms with Gasteiger partial charge in [0.15, 0.2) is 17.3 Å². The number of nitrogens with zero attached hydrogens (tertiary/aromatic N) is 3. The number of aliphatic hydroxyl groups excluding tert-OH is 1. The average Bonchev–Trinajstić information content (AvgIpc) is 2.88. The molecule has 6 heteroatoms. The monoisotopic (exact) mass is 299 g/mol. The van der Waals surface area contributed by atoms with Crippen molar-refractivity contribution in [1.29, 1.82) is 5.26 Å². The molecule has 0 saturated carbocycles. The molecule has 3 rings (SSSR count). The summed E-state index contributed by atoms with van der Waals surface area (Å²) in [5.41, 5.74) is 1.93. The molecule has 2 heterocycles. The minimum atomic E-state index is -0.340. The Morgan fingerprint density at radius 3 is 2.90 bits per heavy atom. The molecule has 1 N–H and O–H groups in total. The van der Waals surface area contributed by atoms with E-state index in [2.05, 4.69) is 9.97 Å². The number of aliphatic hydroxyl groups is 1. The minimum absolute atomic E-state index is 0.123. The van der Waals surface area contributed by atoms with Gasteiger partial charge >= 0.3 is 0 Å². The largest absolute Gasteiger partial charge is 0.441 e. The third-order valence-corrected chi connectivity index (χ3v) is 3.27. The summed E-state index contributed by atoms with van der Waals surface area (Å²) < 4.78 is 5.37. The summed E-state index contributed by atoms with van der Waals surface area (Å²) >= 11 is 5.94. The number of benzene rings is 1. The van der Waals surface area contributed by atoms with Crippen molar-refractivity contribution >= 4 is 22.5 Å². The Balaban J connectivity index is 1.94. The van der Waals surface area contributed by atoms with E-state index in [0.29, 0.717) is 17.3 Å². The van der Waals surface area contributed by atoms with Gasteiger partial charge in [-0.3, -0.25) is 4.98 Å². The van der Waals surface area contributed by atoms with Gasteiger partial charge < -0.3 is 9.52 Å². The molecule has 0 atom stereocenters. The molecule has 0 radical (unpaired) electrons. The highest BCUT2D eigenvalue weighted by molar-refractivity contribution is 6.31. The molecule has 0 spiro atoms.